The maximum atomic E-state index is 12.9. The molecule has 1 aliphatic heterocycles. The van der Waals surface area contributed by atoms with E-state index < -0.39 is 0 Å². The summed E-state index contributed by atoms with van der Waals surface area (Å²) in [6.45, 7) is 3.25. The molecule has 1 amide bonds. The van der Waals surface area contributed by atoms with Crippen LogP contribution < -0.4 is 10.5 Å². The van der Waals surface area contributed by atoms with Gasteiger partial charge in [0.25, 0.3) is 11.5 Å². The lowest BCUT2D eigenvalue weighted by Gasteiger charge is -2.34. The fourth-order valence-electron chi connectivity index (χ4n) is 3.33. The van der Waals surface area contributed by atoms with Gasteiger partial charge in [-0.3, -0.25) is 18.9 Å². The van der Waals surface area contributed by atoms with Crippen LogP contribution in [0.2, 0.25) is 5.15 Å². The molecule has 4 rings (SSSR count). The van der Waals surface area contributed by atoms with E-state index in [2.05, 4.69) is 14.9 Å². The first-order chi connectivity index (χ1) is 13.9. The van der Waals surface area contributed by atoms with Gasteiger partial charge in [-0.15, -0.1) is 11.3 Å². The third-order valence-corrected chi connectivity index (χ3v) is 5.84. The molecule has 1 saturated heterocycles. The summed E-state index contributed by atoms with van der Waals surface area (Å²) in [7, 11) is 3.72. The average Bonchev–Trinajstić information content (AvgIpc) is 3.17. The molecule has 152 valence electrons. The number of pyridine rings is 1. The second-order valence-corrected chi connectivity index (χ2v) is 8.40. The number of carbonyl (C=O) groups is 1. The van der Waals surface area contributed by atoms with Crippen LogP contribution in [-0.4, -0.2) is 70.4 Å². The second kappa shape index (κ2) is 8.10. The molecule has 0 radical (unpaired) electrons. The number of amides is 1. The topological polar surface area (TPSA) is 74.1 Å². The highest BCUT2D eigenvalue weighted by Gasteiger charge is 2.23. The van der Waals surface area contributed by atoms with Gasteiger partial charge in [0.2, 0.25) is 0 Å². The zero-order valence-electron chi connectivity index (χ0n) is 16.2. The van der Waals surface area contributed by atoms with E-state index in [1.54, 1.807) is 28.8 Å². The molecule has 3 aromatic heterocycles. The Bertz CT molecular complexity index is 1100. The molecule has 8 nitrogen and oxygen atoms in total. The summed E-state index contributed by atoms with van der Waals surface area (Å²) < 4.78 is 1.55. The van der Waals surface area contributed by atoms with Gasteiger partial charge in [0, 0.05) is 70.0 Å². The van der Waals surface area contributed by atoms with Crippen LogP contribution in [0, 0.1) is 0 Å². The van der Waals surface area contributed by atoms with Crippen LogP contribution in [0.3, 0.4) is 0 Å². The van der Waals surface area contributed by atoms with Gasteiger partial charge in [-0.2, -0.15) is 0 Å². The molecule has 0 bridgehead atoms. The summed E-state index contributed by atoms with van der Waals surface area (Å²) in [6, 6.07) is 4.95. The van der Waals surface area contributed by atoms with Gasteiger partial charge in [-0.1, -0.05) is 11.6 Å². The molecule has 0 aromatic carbocycles. The number of thiazole rings is 1. The van der Waals surface area contributed by atoms with Crippen molar-refractivity contribution in [1.82, 2.24) is 24.2 Å². The van der Waals surface area contributed by atoms with Crippen molar-refractivity contribution in [3.8, 4) is 0 Å². The predicted octanol–water partition coefficient (Wildman–Crippen LogP) is 1.83. The highest BCUT2D eigenvalue weighted by molar-refractivity contribution is 7.15. The van der Waals surface area contributed by atoms with Crippen LogP contribution in [0.5, 0.6) is 0 Å². The minimum absolute atomic E-state index is 0.0478. The summed E-state index contributed by atoms with van der Waals surface area (Å²) in [6.07, 6.45) is 1.73. The van der Waals surface area contributed by atoms with Crippen molar-refractivity contribution < 1.29 is 4.79 Å². The molecule has 0 saturated carbocycles. The maximum absolute atomic E-state index is 12.9. The number of fused-ring (bicyclic) bond motifs is 1. The number of hydrogen-bond acceptors (Lipinski definition) is 7. The summed E-state index contributed by atoms with van der Waals surface area (Å²) >= 11 is 7.53. The van der Waals surface area contributed by atoms with Gasteiger partial charge in [0.1, 0.15) is 11.0 Å². The Balaban J connectivity index is 1.41. The predicted molar refractivity (Wildman–Crippen MR) is 114 cm³/mol. The quantitative estimate of drug-likeness (QED) is 0.585. The van der Waals surface area contributed by atoms with Crippen LogP contribution in [0.1, 0.15) is 16.1 Å². The van der Waals surface area contributed by atoms with Crippen LogP contribution in [-0.2, 0) is 6.54 Å². The van der Waals surface area contributed by atoms with E-state index in [0.717, 1.165) is 18.8 Å². The Morgan fingerprint density at radius 1 is 1.17 bits per heavy atom. The standard InChI is InChI=1S/C19H21ClN6O2S/c1-23(2)16-10-13(9-15(20)22-16)18(28)25-5-3-24(4-6-25)12-14-11-17(27)26-7-8-29-19(26)21-14/h7-11H,3-6,12H2,1-2H3. The lowest BCUT2D eigenvalue weighted by atomic mass is 10.2. The third kappa shape index (κ3) is 4.26. The number of rotatable bonds is 4. The molecule has 4 heterocycles. The molecule has 10 heteroatoms. The van der Waals surface area contributed by atoms with E-state index in [9.17, 15) is 9.59 Å². The zero-order valence-corrected chi connectivity index (χ0v) is 17.8. The lowest BCUT2D eigenvalue weighted by Crippen LogP contribution is -2.48. The van der Waals surface area contributed by atoms with Crippen molar-refractivity contribution in [2.45, 2.75) is 6.54 Å². The number of piperazine rings is 1. The minimum Gasteiger partial charge on any atom is -0.363 e. The van der Waals surface area contributed by atoms with Crippen LogP contribution >= 0.6 is 22.9 Å². The van der Waals surface area contributed by atoms with Gasteiger partial charge in [0.15, 0.2) is 4.96 Å². The van der Waals surface area contributed by atoms with Crippen LogP contribution in [0.25, 0.3) is 4.96 Å². The largest absolute Gasteiger partial charge is 0.363 e. The Hall–Kier alpha value is -2.49. The number of anilines is 1. The first-order valence-electron chi connectivity index (χ1n) is 9.23. The van der Waals surface area contributed by atoms with Crippen molar-refractivity contribution >= 4 is 39.6 Å². The molecule has 0 aliphatic carbocycles. The zero-order chi connectivity index (χ0) is 20.5. The first kappa shape index (κ1) is 19.8. The van der Waals surface area contributed by atoms with E-state index in [4.69, 9.17) is 11.6 Å². The van der Waals surface area contributed by atoms with E-state index in [0.29, 0.717) is 41.1 Å². The number of carbonyl (C=O) groups excluding carboxylic acids is 1. The molecular weight excluding hydrogens is 412 g/mol. The number of hydrogen-bond donors (Lipinski definition) is 0. The van der Waals surface area contributed by atoms with Crippen LogP contribution in [0.4, 0.5) is 5.82 Å². The summed E-state index contributed by atoms with van der Waals surface area (Å²) in [5.74, 6) is 0.606. The Kier molecular flexibility index (Phi) is 5.53. The Morgan fingerprint density at radius 3 is 2.66 bits per heavy atom. The van der Waals surface area contributed by atoms with E-state index >= 15 is 0 Å². The number of halogens is 1. The molecule has 0 unspecified atom stereocenters. The van der Waals surface area contributed by atoms with Gasteiger partial charge in [-0.05, 0) is 12.1 Å². The molecule has 0 atom stereocenters. The SMILES string of the molecule is CN(C)c1cc(C(=O)N2CCN(Cc3cc(=O)n4ccsc4n3)CC2)cc(Cl)n1. The third-order valence-electron chi connectivity index (χ3n) is 4.89. The lowest BCUT2D eigenvalue weighted by molar-refractivity contribution is 0.0627. The van der Waals surface area contributed by atoms with E-state index in [1.165, 1.54) is 11.3 Å². The van der Waals surface area contributed by atoms with Crippen molar-refractivity contribution in [3.05, 3.63) is 56.5 Å². The summed E-state index contributed by atoms with van der Waals surface area (Å²) in [5, 5.41) is 2.16. The normalized spacial score (nSPS) is 15.1. The smallest absolute Gasteiger partial charge is 0.258 e. The molecule has 1 aliphatic rings. The van der Waals surface area contributed by atoms with Crippen LogP contribution in [0.15, 0.2) is 34.6 Å². The minimum atomic E-state index is -0.0636. The summed E-state index contributed by atoms with van der Waals surface area (Å²) in [5.41, 5.74) is 1.24. The van der Waals surface area contributed by atoms with Crippen molar-refractivity contribution in [2.75, 3.05) is 45.2 Å². The fraction of sp³-hybridized carbons (Fsp3) is 0.368. The molecule has 1 fully saturated rings. The first-order valence-corrected chi connectivity index (χ1v) is 10.5. The Morgan fingerprint density at radius 2 is 1.93 bits per heavy atom. The van der Waals surface area contributed by atoms with Crippen molar-refractivity contribution in [2.24, 2.45) is 0 Å². The molecular formula is C19H21ClN6O2S. The monoisotopic (exact) mass is 432 g/mol. The molecule has 29 heavy (non-hydrogen) atoms. The maximum Gasteiger partial charge on any atom is 0.258 e. The van der Waals surface area contributed by atoms with Gasteiger partial charge in [0.05, 0.1) is 5.69 Å². The molecule has 3 aromatic rings. The van der Waals surface area contributed by atoms with E-state index in [1.807, 2.05) is 29.3 Å². The fourth-order valence-corrected chi connectivity index (χ4v) is 4.27. The van der Waals surface area contributed by atoms with Gasteiger partial charge in [-0.25, -0.2) is 9.97 Å². The molecule has 0 spiro atoms. The van der Waals surface area contributed by atoms with Crippen molar-refractivity contribution in [1.29, 1.82) is 0 Å². The molecule has 0 N–H and O–H groups in total. The van der Waals surface area contributed by atoms with Crippen molar-refractivity contribution in [3.63, 3.8) is 0 Å². The average molecular weight is 433 g/mol. The number of aromatic nitrogens is 3. The van der Waals surface area contributed by atoms with Gasteiger partial charge >= 0.3 is 0 Å². The highest BCUT2D eigenvalue weighted by Crippen LogP contribution is 2.19. The Labute approximate surface area is 177 Å². The second-order valence-electron chi connectivity index (χ2n) is 7.14. The summed E-state index contributed by atoms with van der Waals surface area (Å²) in [4.78, 5) is 40.4. The highest BCUT2D eigenvalue weighted by atomic mass is 35.5. The number of nitrogens with zero attached hydrogens (tertiary/aromatic N) is 6. The van der Waals surface area contributed by atoms with E-state index in [-0.39, 0.29) is 11.5 Å². The van der Waals surface area contributed by atoms with Gasteiger partial charge < -0.3 is 9.80 Å².